The lowest BCUT2D eigenvalue weighted by Crippen LogP contribution is -2.38. The monoisotopic (exact) mass is 297 g/mol. The van der Waals surface area contributed by atoms with Crippen LogP contribution in [0, 0.1) is 0 Å². The van der Waals surface area contributed by atoms with Crippen LogP contribution in [0.3, 0.4) is 0 Å². The van der Waals surface area contributed by atoms with Gasteiger partial charge in [-0.2, -0.15) is 0 Å². The fourth-order valence-corrected chi connectivity index (χ4v) is 2.36. The van der Waals surface area contributed by atoms with Gasteiger partial charge in [-0.1, -0.05) is 11.6 Å². The van der Waals surface area contributed by atoms with Crippen molar-refractivity contribution in [3.05, 3.63) is 28.8 Å². The quantitative estimate of drug-likeness (QED) is 0.927. The van der Waals surface area contributed by atoms with E-state index in [2.05, 4.69) is 0 Å². The highest BCUT2D eigenvalue weighted by Gasteiger charge is 2.17. The molecule has 108 valence electrons. The number of carbonyl (C=O) groups is 2. The summed E-state index contributed by atoms with van der Waals surface area (Å²) in [7, 11) is 0. The molecule has 1 N–H and O–H groups in total. The van der Waals surface area contributed by atoms with E-state index in [1.165, 1.54) is 18.2 Å². The number of carboxylic acid groups (broad SMARTS) is 1. The first kappa shape index (κ1) is 14.7. The first-order valence-electron chi connectivity index (χ1n) is 6.51. The number of piperidine rings is 1. The van der Waals surface area contributed by atoms with Crippen LogP contribution in [0.2, 0.25) is 5.02 Å². The topological polar surface area (TPSA) is 66.8 Å². The fraction of sp³-hybridized carbons (Fsp3) is 0.429. The Kier molecular flexibility index (Phi) is 4.84. The summed E-state index contributed by atoms with van der Waals surface area (Å²) in [5.41, 5.74) is 0.0877. The Morgan fingerprint density at radius 1 is 1.25 bits per heavy atom. The standard InChI is InChI=1S/C14H16ClNO4/c15-11-8-10(14(18)19)4-5-12(11)20-9-13(17)16-6-2-1-3-7-16/h4-5,8H,1-3,6-7,9H2,(H,18,19). The number of amides is 1. The summed E-state index contributed by atoms with van der Waals surface area (Å²) in [5.74, 6) is -0.798. The van der Waals surface area contributed by atoms with Gasteiger partial charge in [0.15, 0.2) is 6.61 Å². The molecule has 0 saturated carbocycles. The smallest absolute Gasteiger partial charge is 0.335 e. The zero-order valence-corrected chi connectivity index (χ0v) is 11.7. The molecule has 1 aliphatic rings. The van der Waals surface area contributed by atoms with Gasteiger partial charge in [-0.15, -0.1) is 0 Å². The molecule has 1 aromatic rings. The number of carbonyl (C=O) groups excluding carboxylic acids is 1. The van der Waals surface area contributed by atoms with Crippen molar-refractivity contribution in [1.82, 2.24) is 4.90 Å². The number of halogens is 1. The number of hydrogen-bond acceptors (Lipinski definition) is 3. The third-order valence-electron chi connectivity index (χ3n) is 3.24. The second-order valence-corrected chi connectivity index (χ2v) is 5.09. The van der Waals surface area contributed by atoms with E-state index in [0.29, 0.717) is 5.75 Å². The highest BCUT2D eigenvalue weighted by molar-refractivity contribution is 6.32. The third-order valence-corrected chi connectivity index (χ3v) is 3.53. The Bertz CT molecular complexity index is 512. The molecule has 0 unspecified atom stereocenters. The highest BCUT2D eigenvalue weighted by Crippen LogP contribution is 2.25. The van der Waals surface area contributed by atoms with Crippen molar-refractivity contribution in [2.24, 2.45) is 0 Å². The summed E-state index contributed by atoms with van der Waals surface area (Å²) in [6.07, 6.45) is 3.22. The largest absolute Gasteiger partial charge is 0.482 e. The Hall–Kier alpha value is -1.75. The average Bonchev–Trinajstić information content (AvgIpc) is 2.46. The molecule has 0 aliphatic carbocycles. The van der Waals surface area contributed by atoms with Gasteiger partial charge >= 0.3 is 5.97 Å². The number of nitrogens with zero attached hydrogens (tertiary/aromatic N) is 1. The molecule has 6 heteroatoms. The number of likely N-dealkylation sites (tertiary alicyclic amines) is 1. The molecule has 1 heterocycles. The molecule has 1 aliphatic heterocycles. The molecule has 0 spiro atoms. The molecule has 5 nitrogen and oxygen atoms in total. The lowest BCUT2D eigenvalue weighted by Gasteiger charge is -2.26. The van der Waals surface area contributed by atoms with Gasteiger partial charge in [0, 0.05) is 13.1 Å². The van der Waals surface area contributed by atoms with E-state index in [0.717, 1.165) is 32.4 Å². The highest BCUT2D eigenvalue weighted by atomic mass is 35.5. The van der Waals surface area contributed by atoms with Crippen molar-refractivity contribution in [3.8, 4) is 5.75 Å². The summed E-state index contributed by atoms with van der Waals surface area (Å²) in [5, 5.41) is 9.02. The molecule has 0 radical (unpaired) electrons. The van der Waals surface area contributed by atoms with Crippen molar-refractivity contribution in [2.45, 2.75) is 19.3 Å². The Morgan fingerprint density at radius 3 is 2.55 bits per heavy atom. The number of carboxylic acids is 1. The van der Waals surface area contributed by atoms with Crippen LogP contribution in [0.25, 0.3) is 0 Å². The number of ether oxygens (including phenoxy) is 1. The van der Waals surface area contributed by atoms with Crippen LogP contribution in [0.4, 0.5) is 0 Å². The molecule has 20 heavy (non-hydrogen) atoms. The zero-order chi connectivity index (χ0) is 14.5. The molecular weight excluding hydrogens is 282 g/mol. The Labute approximate surface area is 122 Å². The third kappa shape index (κ3) is 3.63. The van der Waals surface area contributed by atoms with Crippen molar-refractivity contribution >= 4 is 23.5 Å². The zero-order valence-electron chi connectivity index (χ0n) is 11.0. The number of aromatic carboxylic acids is 1. The van der Waals surface area contributed by atoms with Gasteiger partial charge in [-0.25, -0.2) is 4.79 Å². The lowest BCUT2D eigenvalue weighted by molar-refractivity contribution is -0.134. The summed E-state index contributed by atoms with van der Waals surface area (Å²) < 4.78 is 5.37. The minimum Gasteiger partial charge on any atom is -0.482 e. The predicted octanol–water partition coefficient (Wildman–Crippen LogP) is 2.43. The van der Waals surface area contributed by atoms with E-state index in [1.807, 2.05) is 0 Å². The maximum Gasteiger partial charge on any atom is 0.335 e. The van der Waals surface area contributed by atoms with Gasteiger partial charge in [-0.3, -0.25) is 4.79 Å². The van der Waals surface area contributed by atoms with Gasteiger partial charge in [0.1, 0.15) is 5.75 Å². The van der Waals surface area contributed by atoms with Crippen LogP contribution in [0.5, 0.6) is 5.75 Å². The molecule has 0 aromatic heterocycles. The van der Waals surface area contributed by atoms with Crippen molar-refractivity contribution in [3.63, 3.8) is 0 Å². The van der Waals surface area contributed by atoms with Gasteiger partial charge < -0.3 is 14.7 Å². The van der Waals surface area contributed by atoms with E-state index in [1.54, 1.807) is 4.90 Å². The van der Waals surface area contributed by atoms with Crippen molar-refractivity contribution < 1.29 is 19.4 Å². The lowest BCUT2D eigenvalue weighted by atomic mass is 10.1. The Morgan fingerprint density at radius 2 is 1.95 bits per heavy atom. The normalized spacial score (nSPS) is 14.9. The predicted molar refractivity (Wildman–Crippen MR) is 74.3 cm³/mol. The van der Waals surface area contributed by atoms with E-state index in [-0.39, 0.29) is 23.1 Å². The molecule has 1 saturated heterocycles. The number of rotatable bonds is 4. The molecule has 0 atom stereocenters. The maximum absolute atomic E-state index is 11.9. The van der Waals surface area contributed by atoms with Gasteiger partial charge in [0.25, 0.3) is 5.91 Å². The van der Waals surface area contributed by atoms with Crippen LogP contribution < -0.4 is 4.74 Å². The van der Waals surface area contributed by atoms with Crippen LogP contribution in [-0.4, -0.2) is 41.6 Å². The van der Waals surface area contributed by atoms with Gasteiger partial charge in [0.2, 0.25) is 0 Å². The summed E-state index contributed by atoms with van der Waals surface area (Å²) >= 11 is 5.93. The number of benzene rings is 1. The van der Waals surface area contributed by atoms with Crippen LogP contribution in [0.1, 0.15) is 29.6 Å². The van der Waals surface area contributed by atoms with Crippen LogP contribution >= 0.6 is 11.6 Å². The number of hydrogen-bond donors (Lipinski definition) is 1. The van der Waals surface area contributed by atoms with E-state index in [4.69, 9.17) is 21.4 Å². The fourth-order valence-electron chi connectivity index (χ4n) is 2.13. The molecular formula is C14H16ClNO4. The van der Waals surface area contributed by atoms with E-state index >= 15 is 0 Å². The summed E-state index contributed by atoms with van der Waals surface area (Å²) in [6, 6.07) is 4.18. The molecule has 1 amide bonds. The molecule has 0 bridgehead atoms. The summed E-state index contributed by atoms with van der Waals surface area (Å²) in [6.45, 7) is 1.47. The second-order valence-electron chi connectivity index (χ2n) is 4.68. The van der Waals surface area contributed by atoms with Crippen molar-refractivity contribution in [2.75, 3.05) is 19.7 Å². The van der Waals surface area contributed by atoms with Gasteiger partial charge in [-0.05, 0) is 37.5 Å². The average molecular weight is 298 g/mol. The Balaban J connectivity index is 1.93. The molecule has 1 aromatic carbocycles. The van der Waals surface area contributed by atoms with Crippen molar-refractivity contribution in [1.29, 1.82) is 0 Å². The minimum atomic E-state index is -1.05. The minimum absolute atomic E-state index is 0.0666. The van der Waals surface area contributed by atoms with Gasteiger partial charge in [0.05, 0.1) is 10.6 Å². The molecule has 2 rings (SSSR count). The second kappa shape index (κ2) is 6.61. The maximum atomic E-state index is 11.9. The summed E-state index contributed by atoms with van der Waals surface area (Å²) in [4.78, 5) is 24.5. The first-order chi connectivity index (χ1) is 9.58. The van der Waals surface area contributed by atoms with E-state index in [9.17, 15) is 9.59 Å². The van der Waals surface area contributed by atoms with Crippen LogP contribution in [0.15, 0.2) is 18.2 Å². The van der Waals surface area contributed by atoms with Crippen LogP contribution in [-0.2, 0) is 4.79 Å². The first-order valence-corrected chi connectivity index (χ1v) is 6.89. The van der Waals surface area contributed by atoms with E-state index < -0.39 is 5.97 Å². The SMILES string of the molecule is O=C(O)c1ccc(OCC(=O)N2CCCCC2)c(Cl)c1. The molecule has 1 fully saturated rings.